The van der Waals surface area contributed by atoms with Gasteiger partial charge in [0.15, 0.2) is 0 Å². The highest BCUT2D eigenvalue weighted by molar-refractivity contribution is 9.10. The molecule has 1 aromatic heterocycles. The van der Waals surface area contributed by atoms with E-state index in [0.29, 0.717) is 23.6 Å². The van der Waals surface area contributed by atoms with Crippen molar-refractivity contribution in [3.8, 4) is 11.6 Å². The van der Waals surface area contributed by atoms with Gasteiger partial charge in [0, 0.05) is 28.8 Å². The maximum atomic E-state index is 12.5. The van der Waals surface area contributed by atoms with Crippen LogP contribution < -0.4 is 15.4 Å². The first-order chi connectivity index (χ1) is 14.4. The molecule has 0 aliphatic rings. The van der Waals surface area contributed by atoms with Gasteiger partial charge in [0.05, 0.1) is 11.6 Å². The van der Waals surface area contributed by atoms with Gasteiger partial charge in [0.25, 0.3) is 5.91 Å². The monoisotopic (exact) mass is 467 g/mol. The Kier molecular flexibility index (Phi) is 7.19. The van der Waals surface area contributed by atoms with Gasteiger partial charge in [-0.1, -0.05) is 41.1 Å². The minimum atomic E-state index is -0.229. The fourth-order valence-corrected chi connectivity index (χ4v) is 3.07. The molecule has 154 valence electrons. The Balaban J connectivity index is 1.59. The predicted octanol–water partition coefficient (Wildman–Crippen LogP) is 5.48. The van der Waals surface area contributed by atoms with Crippen molar-refractivity contribution in [3.05, 3.63) is 82.5 Å². The van der Waals surface area contributed by atoms with E-state index in [1.807, 2.05) is 55.5 Å². The lowest BCUT2D eigenvalue weighted by atomic mass is 10.1. The van der Waals surface area contributed by atoms with Crippen LogP contribution in [0.5, 0.6) is 11.6 Å². The lowest BCUT2D eigenvalue weighted by Crippen LogP contribution is -2.26. The number of rotatable bonds is 7. The molecule has 30 heavy (non-hydrogen) atoms. The zero-order valence-electron chi connectivity index (χ0n) is 16.7. The molecule has 1 atom stereocenters. The van der Waals surface area contributed by atoms with Crippen molar-refractivity contribution in [1.82, 2.24) is 10.3 Å². The SMILES string of the molecule is CCC(=O)Nc1ccc(C(C)NC(=O)c2ccc(Oc3cccc(Br)c3)nc2)cc1. The summed E-state index contributed by atoms with van der Waals surface area (Å²) in [5, 5.41) is 5.75. The molecule has 0 saturated heterocycles. The Bertz CT molecular complexity index is 1020. The highest BCUT2D eigenvalue weighted by Crippen LogP contribution is 2.23. The van der Waals surface area contributed by atoms with E-state index >= 15 is 0 Å². The molecule has 0 saturated carbocycles. The van der Waals surface area contributed by atoms with Crippen LogP contribution in [-0.2, 0) is 4.79 Å². The van der Waals surface area contributed by atoms with E-state index in [0.717, 1.165) is 15.7 Å². The molecule has 0 fully saturated rings. The van der Waals surface area contributed by atoms with Crippen molar-refractivity contribution in [2.75, 3.05) is 5.32 Å². The Labute approximate surface area is 183 Å². The van der Waals surface area contributed by atoms with E-state index < -0.39 is 0 Å². The summed E-state index contributed by atoms with van der Waals surface area (Å²) in [5.41, 5.74) is 2.10. The third-order valence-corrected chi connectivity index (χ3v) is 4.87. The average Bonchev–Trinajstić information content (AvgIpc) is 2.74. The number of hydrogen-bond donors (Lipinski definition) is 2. The Morgan fingerprint density at radius 1 is 1.10 bits per heavy atom. The number of pyridine rings is 1. The number of benzene rings is 2. The van der Waals surface area contributed by atoms with Crippen molar-refractivity contribution in [3.63, 3.8) is 0 Å². The van der Waals surface area contributed by atoms with Crippen LogP contribution in [0.4, 0.5) is 5.69 Å². The number of amides is 2. The summed E-state index contributed by atoms with van der Waals surface area (Å²) in [6.07, 6.45) is 1.91. The molecule has 0 aliphatic carbocycles. The zero-order chi connectivity index (χ0) is 21.5. The zero-order valence-corrected chi connectivity index (χ0v) is 18.3. The second-order valence-corrected chi connectivity index (χ2v) is 7.58. The van der Waals surface area contributed by atoms with Gasteiger partial charge in [0.1, 0.15) is 5.75 Å². The number of ether oxygens (including phenoxy) is 1. The summed E-state index contributed by atoms with van der Waals surface area (Å²) in [5.74, 6) is 0.792. The number of anilines is 1. The maximum Gasteiger partial charge on any atom is 0.253 e. The Hall–Kier alpha value is -3.19. The molecule has 1 heterocycles. The number of nitrogens with zero attached hydrogens (tertiary/aromatic N) is 1. The quantitative estimate of drug-likeness (QED) is 0.482. The molecule has 6 nitrogen and oxygen atoms in total. The lowest BCUT2D eigenvalue weighted by molar-refractivity contribution is -0.115. The number of hydrogen-bond acceptors (Lipinski definition) is 4. The molecule has 3 rings (SSSR count). The molecule has 2 aromatic carbocycles. The summed E-state index contributed by atoms with van der Waals surface area (Å²) in [7, 11) is 0. The van der Waals surface area contributed by atoms with Crippen molar-refractivity contribution in [2.45, 2.75) is 26.3 Å². The summed E-state index contributed by atoms with van der Waals surface area (Å²) >= 11 is 3.39. The van der Waals surface area contributed by atoms with Crippen LogP contribution in [0, 0.1) is 0 Å². The van der Waals surface area contributed by atoms with Crippen molar-refractivity contribution < 1.29 is 14.3 Å². The van der Waals surface area contributed by atoms with E-state index in [4.69, 9.17) is 4.74 Å². The third-order valence-electron chi connectivity index (χ3n) is 4.38. The van der Waals surface area contributed by atoms with Crippen LogP contribution in [0.3, 0.4) is 0 Å². The Morgan fingerprint density at radius 3 is 2.50 bits per heavy atom. The van der Waals surface area contributed by atoms with Crippen LogP contribution in [0.1, 0.15) is 42.2 Å². The number of nitrogens with one attached hydrogen (secondary N) is 2. The molecular formula is C23H22BrN3O3. The van der Waals surface area contributed by atoms with E-state index in [-0.39, 0.29) is 17.9 Å². The van der Waals surface area contributed by atoms with E-state index in [9.17, 15) is 9.59 Å². The molecule has 0 aliphatic heterocycles. The first-order valence-electron chi connectivity index (χ1n) is 9.54. The third kappa shape index (κ3) is 5.90. The number of carbonyl (C=O) groups excluding carboxylic acids is 2. The van der Waals surface area contributed by atoms with E-state index in [1.165, 1.54) is 6.20 Å². The summed E-state index contributed by atoms with van der Waals surface area (Å²) in [6, 6.07) is 18.0. The molecule has 0 spiro atoms. The van der Waals surface area contributed by atoms with Crippen LogP contribution in [0.25, 0.3) is 0 Å². The smallest absolute Gasteiger partial charge is 0.253 e. The average molecular weight is 468 g/mol. The minimum Gasteiger partial charge on any atom is -0.439 e. The lowest BCUT2D eigenvalue weighted by Gasteiger charge is -2.15. The highest BCUT2D eigenvalue weighted by atomic mass is 79.9. The first kappa shape index (κ1) is 21.5. The molecule has 0 radical (unpaired) electrons. The van der Waals surface area contributed by atoms with E-state index in [1.54, 1.807) is 19.1 Å². The van der Waals surface area contributed by atoms with Crippen molar-refractivity contribution in [1.29, 1.82) is 0 Å². The molecule has 2 amide bonds. The molecule has 1 unspecified atom stereocenters. The number of carbonyl (C=O) groups is 2. The minimum absolute atomic E-state index is 0.0380. The van der Waals surface area contributed by atoms with Gasteiger partial charge < -0.3 is 15.4 Å². The second-order valence-electron chi connectivity index (χ2n) is 6.66. The Morgan fingerprint density at radius 2 is 1.87 bits per heavy atom. The van der Waals surface area contributed by atoms with Crippen LogP contribution in [0.15, 0.2) is 71.3 Å². The van der Waals surface area contributed by atoms with Gasteiger partial charge in [-0.25, -0.2) is 4.98 Å². The predicted molar refractivity (Wildman–Crippen MR) is 120 cm³/mol. The molecular weight excluding hydrogens is 446 g/mol. The van der Waals surface area contributed by atoms with Gasteiger partial charge in [0.2, 0.25) is 11.8 Å². The van der Waals surface area contributed by atoms with Gasteiger partial charge >= 0.3 is 0 Å². The normalized spacial score (nSPS) is 11.4. The first-order valence-corrected chi connectivity index (χ1v) is 10.3. The second kappa shape index (κ2) is 10.0. The summed E-state index contributed by atoms with van der Waals surface area (Å²) in [4.78, 5) is 28.2. The van der Waals surface area contributed by atoms with Crippen LogP contribution >= 0.6 is 15.9 Å². The highest BCUT2D eigenvalue weighted by Gasteiger charge is 2.12. The maximum absolute atomic E-state index is 12.5. The van der Waals surface area contributed by atoms with Crippen LogP contribution in [-0.4, -0.2) is 16.8 Å². The standard InChI is InChI=1S/C23H22BrN3O3/c1-3-21(28)27-19-10-7-16(8-11-19)15(2)26-23(29)17-9-12-22(25-14-17)30-20-6-4-5-18(24)13-20/h4-15H,3H2,1-2H3,(H,26,29)(H,27,28). The number of aromatic nitrogens is 1. The van der Waals surface area contributed by atoms with Crippen molar-refractivity contribution in [2.24, 2.45) is 0 Å². The van der Waals surface area contributed by atoms with Gasteiger partial charge in [-0.2, -0.15) is 0 Å². The summed E-state index contributed by atoms with van der Waals surface area (Å²) in [6.45, 7) is 3.70. The molecule has 0 bridgehead atoms. The fourth-order valence-electron chi connectivity index (χ4n) is 2.69. The molecule has 3 aromatic rings. The fraction of sp³-hybridized carbons (Fsp3) is 0.174. The van der Waals surface area contributed by atoms with E-state index in [2.05, 4.69) is 31.5 Å². The summed E-state index contributed by atoms with van der Waals surface area (Å²) < 4.78 is 6.60. The van der Waals surface area contributed by atoms with Gasteiger partial charge in [-0.15, -0.1) is 0 Å². The van der Waals surface area contributed by atoms with Crippen LogP contribution in [0.2, 0.25) is 0 Å². The molecule has 7 heteroatoms. The van der Waals surface area contributed by atoms with Crippen molar-refractivity contribution >= 4 is 33.4 Å². The number of halogens is 1. The molecule has 2 N–H and O–H groups in total. The largest absolute Gasteiger partial charge is 0.439 e. The van der Waals surface area contributed by atoms with Gasteiger partial charge in [-0.3, -0.25) is 9.59 Å². The van der Waals surface area contributed by atoms with Gasteiger partial charge in [-0.05, 0) is 48.9 Å². The topological polar surface area (TPSA) is 80.3 Å².